The van der Waals surface area contributed by atoms with E-state index in [1.54, 1.807) is 13.1 Å². The summed E-state index contributed by atoms with van der Waals surface area (Å²) in [7, 11) is 0. The summed E-state index contributed by atoms with van der Waals surface area (Å²) in [6, 6.07) is 4.04. The maximum atomic E-state index is 14.3. The van der Waals surface area contributed by atoms with Crippen molar-refractivity contribution in [2.45, 2.75) is 51.5 Å². The number of nitrogens with one attached hydrogen (secondary N) is 2. The molecular weight excluding hydrogens is 395 g/mol. The van der Waals surface area contributed by atoms with Crippen LogP contribution in [0.2, 0.25) is 0 Å². The molecule has 2 aliphatic rings. The molecule has 31 heavy (non-hydrogen) atoms. The number of hydrogen-bond donors (Lipinski definition) is 2. The summed E-state index contributed by atoms with van der Waals surface area (Å²) in [5.74, 6) is 1.19. The Hall–Kier alpha value is -2.74. The van der Waals surface area contributed by atoms with Gasteiger partial charge in [0.2, 0.25) is 11.8 Å². The second-order valence-corrected chi connectivity index (χ2v) is 8.13. The summed E-state index contributed by atoms with van der Waals surface area (Å²) in [5, 5.41) is 6.55. The number of anilines is 3. The van der Waals surface area contributed by atoms with E-state index in [-0.39, 0.29) is 5.83 Å². The first kappa shape index (κ1) is 21.5. The van der Waals surface area contributed by atoms with Crippen LogP contribution in [-0.4, -0.2) is 52.1 Å². The Labute approximate surface area is 183 Å². The normalized spacial score (nSPS) is 17.8. The number of allylic oxidation sites excluding steroid dienone is 1. The maximum Gasteiger partial charge on any atom is 0.229 e. The second-order valence-electron chi connectivity index (χ2n) is 8.13. The average molecular weight is 427 g/mol. The van der Waals surface area contributed by atoms with E-state index < -0.39 is 0 Å². The van der Waals surface area contributed by atoms with Gasteiger partial charge in [-0.15, -0.1) is 0 Å². The quantitative estimate of drug-likeness (QED) is 0.598. The van der Waals surface area contributed by atoms with E-state index in [0.717, 1.165) is 38.2 Å². The molecule has 2 aromatic heterocycles. The molecule has 0 spiro atoms. The number of halogens is 1. The predicted molar refractivity (Wildman–Crippen MR) is 121 cm³/mol. The Kier molecular flexibility index (Phi) is 7.30. The van der Waals surface area contributed by atoms with Gasteiger partial charge in [-0.25, -0.2) is 14.4 Å². The van der Waals surface area contributed by atoms with Gasteiger partial charge in [0.05, 0.1) is 17.4 Å². The van der Waals surface area contributed by atoms with Crippen molar-refractivity contribution in [3.8, 4) is 5.88 Å². The van der Waals surface area contributed by atoms with E-state index in [9.17, 15) is 4.39 Å². The summed E-state index contributed by atoms with van der Waals surface area (Å²) in [5.41, 5.74) is 1.14. The van der Waals surface area contributed by atoms with E-state index in [4.69, 9.17) is 4.74 Å². The first-order valence-corrected chi connectivity index (χ1v) is 11.3. The monoisotopic (exact) mass is 426 g/mol. The lowest BCUT2D eigenvalue weighted by molar-refractivity contribution is 0.232. The predicted octanol–water partition coefficient (Wildman–Crippen LogP) is 4.77. The Morgan fingerprint density at radius 3 is 2.68 bits per heavy atom. The molecule has 1 aliphatic heterocycles. The average Bonchev–Trinajstić information content (AvgIpc) is 3.49. The number of ether oxygens (including phenoxy) is 1. The van der Waals surface area contributed by atoms with Gasteiger partial charge in [-0.3, -0.25) is 4.90 Å². The van der Waals surface area contributed by atoms with Crippen molar-refractivity contribution in [3.05, 3.63) is 36.2 Å². The zero-order chi connectivity index (χ0) is 21.5. The van der Waals surface area contributed by atoms with Crippen LogP contribution in [0.15, 0.2) is 30.6 Å². The largest absolute Gasteiger partial charge is 0.476 e. The molecule has 0 unspecified atom stereocenters. The van der Waals surface area contributed by atoms with Crippen LogP contribution in [0.1, 0.15) is 51.0 Å². The van der Waals surface area contributed by atoms with Crippen LogP contribution in [0.4, 0.5) is 21.8 Å². The number of pyridine rings is 1. The molecule has 166 valence electrons. The number of hydrogen-bond acceptors (Lipinski definition) is 7. The van der Waals surface area contributed by atoms with Crippen molar-refractivity contribution < 1.29 is 9.13 Å². The third-order valence-corrected chi connectivity index (χ3v) is 5.84. The lowest BCUT2D eigenvalue weighted by atomic mass is 10.2. The van der Waals surface area contributed by atoms with Gasteiger partial charge in [0.1, 0.15) is 18.3 Å². The number of likely N-dealkylation sites (tertiary alicyclic amines) is 1. The SMILES string of the molecule is C/C=C(\F)c1cnc(Nc2ccc(OCCN3CCCC3)nc2)nc1NC1CCCC1. The molecule has 0 atom stereocenters. The zero-order valence-corrected chi connectivity index (χ0v) is 18.1. The Bertz CT molecular complexity index is 876. The molecule has 0 bridgehead atoms. The van der Waals surface area contributed by atoms with Crippen molar-refractivity contribution in [2.24, 2.45) is 0 Å². The van der Waals surface area contributed by atoms with Crippen molar-refractivity contribution in [1.29, 1.82) is 0 Å². The standard InChI is InChI=1S/C23H31FN6O/c1-2-20(24)19-16-26-23(29-22(19)27-17-7-3-4-8-17)28-18-9-10-21(25-15-18)31-14-13-30-11-5-6-12-30/h2,9-10,15-17H,3-8,11-14H2,1H3,(H2,26,27,28,29)/b20-2-. The van der Waals surface area contributed by atoms with Crippen molar-refractivity contribution >= 4 is 23.3 Å². The summed E-state index contributed by atoms with van der Waals surface area (Å²) < 4.78 is 20.0. The second kappa shape index (κ2) is 10.5. The molecule has 8 heteroatoms. The highest BCUT2D eigenvalue weighted by atomic mass is 19.1. The highest BCUT2D eigenvalue weighted by Gasteiger charge is 2.19. The lowest BCUT2D eigenvalue weighted by Crippen LogP contribution is -2.25. The van der Waals surface area contributed by atoms with Gasteiger partial charge < -0.3 is 15.4 Å². The Morgan fingerprint density at radius 1 is 1.16 bits per heavy atom. The number of rotatable bonds is 9. The van der Waals surface area contributed by atoms with Gasteiger partial charge in [-0.2, -0.15) is 4.98 Å². The first-order chi connectivity index (χ1) is 15.2. The van der Waals surface area contributed by atoms with Crippen molar-refractivity contribution in [3.63, 3.8) is 0 Å². The molecule has 1 saturated heterocycles. The minimum Gasteiger partial charge on any atom is -0.476 e. The fourth-order valence-corrected chi connectivity index (χ4v) is 4.10. The maximum absolute atomic E-state index is 14.3. The van der Waals surface area contributed by atoms with Crippen LogP contribution in [-0.2, 0) is 0 Å². The Balaban J connectivity index is 1.38. The highest BCUT2D eigenvalue weighted by Crippen LogP contribution is 2.28. The van der Waals surface area contributed by atoms with E-state index in [2.05, 4.69) is 30.5 Å². The summed E-state index contributed by atoms with van der Waals surface area (Å²) in [6.07, 6.45) is 11.7. The van der Waals surface area contributed by atoms with Gasteiger partial charge in [0.15, 0.2) is 0 Å². The van der Waals surface area contributed by atoms with Crippen LogP contribution in [0.5, 0.6) is 5.88 Å². The third kappa shape index (κ3) is 5.91. The summed E-state index contributed by atoms with van der Waals surface area (Å²) in [4.78, 5) is 15.6. The fraction of sp³-hybridized carbons (Fsp3) is 0.522. The van der Waals surface area contributed by atoms with E-state index in [0.29, 0.717) is 35.9 Å². The molecule has 2 aromatic rings. The summed E-state index contributed by atoms with van der Waals surface area (Å²) >= 11 is 0. The van der Waals surface area contributed by atoms with Gasteiger partial charge in [-0.1, -0.05) is 18.9 Å². The van der Waals surface area contributed by atoms with Gasteiger partial charge in [0.25, 0.3) is 0 Å². The molecule has 2 N–H and O–H groups in total. The third-order valence-electron chi connectivity index (χ3n) is 5.84. The minimum absolute atomic E-state index is 0.324. The van der Waals surface area contributed by atoms with Crippen LogP contribution in [0.25, 0.3) is 5.83 Å². The molecule has 3 heterocycles. The van der Waals surface area contributed by atoms with E-state index in [1.807, 2.05) is 12.1 Å². The number of aromatic nitrogens is 3. The van der Waals surface area contributed by atoms with Crippen LogP contribution >= 0.6 is 0 Å². The Morgan fingerprint density at radius 2 is 1.97 bits per heavy atom. The van der Waals surface area contributed by atoms with Crippen LogP contribution in [0.3, 0.4) is 0 Å². The molecule has 0 aromatic carbocycles. The molecule has 0 amide bonds. The van der Waals surface area contributed by atoms with Crippen LogP contribution < -0.4 is 15.4 Å². The first-order valence-electron chi connectivity index (χ1n) is 11.3. The smallest absolute Gasteiger partial charge is 0.229 e. The molecular formula is C23H31FN6O. The lowest BCUT2D eigenvalue weighted by Gasteiger charge is -2.16. The van der Waals surface area contributed by atoms with E-state index >= 15 is 0 Å². The van der Waals surface area contributed by atoms with Crippen LogP contribution in [0, 0.1) is 0 Å². The molecule has 0 radical (unpaired) electrons. The minimum atomic E-state index is -0.329. The summed E-state index contributed by atoms with van der Waals surface area (Å²) in [6.45, 7) is 5.56. The molecule has 2 fully saturated rings. The fourth-order valence-electron chi connectivity index (χ4n) is 4.10. The van der Waals surface area contributed by atoms with Crippen molar-refractivity contribution in [1.82, 2.24) is 19.9 Å². The van der Waals surface area contributed by atoms with Gasteiger partial charge in [0, 0.05) is 24.8 Å². The molecule has 1 saturated carbocycles. The topological polar surface area (TPSA) is 75.2 Å². The van der Waals surface area contributed by atoms with Gasteiger partial charge >= 0.3 is 0 Å². The highest BCUT2D eigenvalue weighted by molar-refractivity contribution is 5.70. The number of nitrogens with zero attached hydrogens (tertiary/aromatic N) is 4. The van der Waals surface area contributed by atoms with Crippen molar-refractivity contribution in [2.75, 3.05) is 36.9 Å². The molecule has 4 rings (SSSR count). The zero-order valence-electron chi connectivity index (χ0n) is 18.1. The molecule has 7 nitrogen and oxygen atoms in total. The van der Waals surface area contributed by atoms with E-state index in [1.165, 1.54) is 38.0 Å². The van der Waals surface area contributed by atoms with Gasteiger partial charge in [-0.05, 0) is 51.8 Å². The molecule has 1 aliphatic carbocycles.